The van der Waals surface area contributed by atoms with Crippen LogP contribution in [0.15, 0.2) is 97.1 Å². The van der Waals surface area contributed by atoms with Crippen LogP contribution in [0, 0.1) is 16.0 Å². The third kappa shape index (κ3) is 22.4. The van der Waals surface area contributed by atoms with E-state index in [1.807, 2.05) is 24.3 Å². The van der Waals surface area contributed by atoms with E-state index in [-0.39, 0.29) is 109 Å². The van der Waals surface area contributed by atoms with Crippen molar-refractivity contribution in [2.45, 2.75) is 76.6 Å². The van der Waals surface area contributed by atoms with E-state index in [2.05, 4.69) is 56.2 Å². The molecule has 0 heterocycles. The highest BCUT2D eigenvalue weighted by Crippen LogP contribution is 2.44. The Balaban J connectivity index is 0.959. The second-order valence-corrected chi connectivity index (χ2v) is 18.8. The smallest absolute Gasteiger partial charge is 0.481 e. The number of nitro groups is 1. The SMILES string of the molecule is CC(C)C(NC(=O)C(CCC(=O)O)NC(=O)CCOCCOCCOCCOCCNC(=O)OCC1c2ccccc2-c2ccccc21)C(=O)NC(CCCNC(N)=O)C(=O)Nc1ccc(COC(=O)Oc2ccc([N+](=O)[O-])cc2)cc1. The maximum absolute atomic E-state index is 13.8. The lowest BCUT2D eigenvalue weighted by molar-refractivity contribution is -0.384. The predicted octanol–water partition coefficient (Wildman–Crippen LogP) is 4.67. The first-order valence-corrected chi connectivity index (χ1v) is 26.5. The van der Waals surface area contributed by atoms with Crippen molar-refractivity contribution in [3.05, 3.63) is 124 Å². The highest BCUT2D eigenvalue weighted by molar-refractivity contribution is 5.99. The molecule has 1 aliphatic carbocycles. The van der Waals surface area contributed by atoms with Gasteiger partial charge >= 0.3 is 24.2 Å². The Morgan fingerprint density at radius 3 is 1.80 bits per heavy atom. The topological polar surface area (TPSA) is 363 Å². The number of carbonyl (C=O) groups is 8. The Bertz CT molecular complexity index is 2720. The number of carboxylic acid groups (broad SMARTS) is 1. The Morgan fingerprint density at radius 2 is 1.22 bits per heavy atom. The zero-order chi connectivity index (χ0) is 59.2. The molecule has 0 spiro atoms. The minimum Gasteiger partial charge on any atom is -0.481 e. The number of carbonyl (C=O) groups excluding carboxylic acids is 7. The van der Waals surface area contributed by atoms with Gasteiger partial charge in [-0.2, -0.15) is 0 Å². The zero-order valence-corrected chi connectivity index (χ0v) is 45.6. The molecule has 26 nitrogen and oxygen atoms in total. The number of alkyl carbamates (subject to hydrolysis) is 1. The number of aliphatic carboxylic acids is 1. The molecule has 1 aliphatic rings. The number of amides is 7. The predicted molar refractivity (Wildman–Crippen MR) is 294 cm³/mol. The fraction of sp³-hybridized carbons (Fsp3) is 0.429. The van der Waals surface area contributed by atoms with Gasteiger partial charge in [-0.05, 0) is 77.3 Å². The first-order valence-electron chi connectivity index (χ1n) is 26.5. The first-order chi connectivity index (χ1) is 39.5. The van der Waals surface area contributed by atoms with Gasteiger partial charge in [0, 0.05) is 49.7 Å². The molecule has 4 aromatic carbocycles. The lowest BCUT2D eigenvalue weighted by Gasteiger charge is -2.27. The summed E-state index contributed by atoms with van der Waals surface area (Å²) in [6, 6.07) is 22.5. The van der Waals surface area contributed by atoms with Crippen molar-refractivity contribution in [1.82, 2.24) is 26.6 Å². The summed E-state index contributed by atoms with van der Waals surface area (Å²) in [7, 11) is 0. The number of hydrogen-bond acceptors (Lipinski definition) is 17. The van der Waals surface area contributed by atoms with E-state index < -0.39 is 83.3 Å². The quantitative estimate of drug-likeness (QED) is 0.0101. The first kappa shape index (κ1) is 64.1. The summed E-state index contributed by atoms with van der Waals surface area (Å²) < 4.78 is 37.7. The van der Waals surface area contributed by atoms with Gasteiger partial charge in [-0.1, -0.05) is 74.5 Å². The highest BCUT2D eigenvalue weighted by atomic mass is 16.7. The zero-order valence-electron chi connectivity index (χ0n) is 45.6. The van der Waals surface area contributed by atoms with E-state index in [9.17, 15) is 53.6 Å². The van der Waals surface area contributed by atoms with Gasteiger partial charge in [-0.3, -0.25) is 34.1 Å². The number of carboxylic acids is 1. The lowest BCUT2D eigenvalue weighted by atomic mass is 9.98. The summed E-state index contributed by atoms with van der Waals surface area (Å²) in [4.78, 5) is 112. The lowest BCUT2D eigenvalue weighted by Crippen LogP contribution is -2.58. The molecule has 3 atom stereocenters. The van der Waals surface area contributed by atoms with Crippen molar-refractivity contribution in [1.29, 1.82) is 0 Å². The van der Waals surface area contributed by atoms with E-state index in [0.717, 1.165) is 34.4 Å². The number of ether oxygens (including phenoxy) is 7. The van der Waals surface area contributed by atoms with Gasteiger partial charge in [0.2, 0.25) is 23.6 Å². The van der Waals surface area contributed by atoms with Crippen LogP contribution >= 0.6 is 0 Å². The number of urea groups is 1. The van der Waals surface area contributed by atoms with Crippen molar-refractivity contribution < 1.29 is 81.5 Å². The van der Waals surface area contributed by atoms with E-state index in [0.29, 0.717) is 24.5 Å². The van der Waals surface area contributed by atoms with Gasteiger partial charge < -0.3 is 75.9 Å². The van der Waals surface area contributed by atoms with Crippen LogP contribution in [0.3, 0.4) is 0 Å². The molecule has 3 unspecified atom stereocenters. The highest BCUT2D eigenvalue weighted by Gasteiger charge is 2.32. The van der Waals surface area contributed by atoms with Crippen LogP contribution in [0.25, 0.3) is 11.1 Å². The third-order valence-electron chi connectivity index (χ3n) is 12.4. The fourth-order valence-electron chi connectivity index (χ4n) is 8.26. The van der Waals surface area contributed by atoms with Crippen LogP contribution in [0.4, 0.5) is 25.8 Å². The summed E-state index contributed by atoms with van der Waals surface area (Å²) >= 11 is 0. The molecule has 0 bridgehead atoms. The molecule has 0 aromatic heterocycles. The molecule has 0 radical (unpaired) electrons. The number of fused-ring (bicyclic) bond motifs is 3. The van der Waals surface area contributed by atoms with Gasteiger partial charge in [-0.25, -0.2) is 14.4 Å². The molecule has 442 valence electrons. The summed E-state index contributed by atoms with van der Waals surface area (Å²) in [5.74, 6) is -4.69. The largest absolute Gasteiger partial charge is 0.514 e. The number of anilines is 1. The van der Waals surface area contributed by atoms with Crippen molar-refractivity contribution in [3.63, 3.8) is 0 Å². The summed E-state index contributed by atoms with van der Waals surface area (Å²) in [6.45, 7) is 5.27. The van der Waals surface area contributed by atoms with Crippen LogP contribution in [-0.4, -0.2) is 149 Å². The number of benzene rings is 4. The van der Waals surface area contributed by atoms with E-state index in [1.165, 1.54) is 24.3 Å². The molecule has 82 heavy (non-hydrogen) atoms. The van der Waals surface area contributed by atoms with Crippen molar-refractivity contribution >= 4 is 59.3 Å². The molecular formula is C56H70N8O18. The Morgan fingerprint density at radius 1 is 0.634 bits per heavy atom. The maximum Gasteiger partial charge on any atom is 0.514 e. The standard InChI is InChI=1S/C56H70N8O18/c1-36(2)50(53(70)62-46(12-7-24-58-54(57)71)51(68)60-38-15-13-37(14-16-38)34-81-56(73)82-40-19-17-39(18-20-40)64(74)75)63-52(69)47(21-22-49(66)67)61-48(65)23-26-76-28-30-78-32-33-79-31-29-77-27-25-59-55(72)80-35-45-43-10-5-3-8-41(43)42-9-4-6-11-44(42)45/h3-6,8-11,13-20,36,45-47,50H,7,12,21-35H2,1-2H3,(H,59,72)(H,60,68)(H,61,65)(H,62,70)(H,63,69)(H,66,67)(H3,57,58,71). The second kappa shape index (κ2) is 34.4. The number of nitrogens with two attached hydrogens (primary N) is 1. The van der Waals surface area contributed by atoms with Crippen molar-refractivity contribution in [2.75, 3.05) is 77.9 Å². The van der Waals surface area contributed by atoms with Crippen LogP contribution in [-0.2, 0) is 59.0 Å². The number of nitrogens with zero attached hydrogens (tertiary/aromatic N) is 1. The molecule has 4 aromatic rings. The molecule has 0 saturated heterocycles. The summed E-state index contributed by atoms with van der Waals surface area (Å²) in [5, 5.41) is 35.8. The van der Waals surface area contributed by atoms with Crippen LogP contribution in [0.2, 0.25) is 0 Å². The molecule has 7 amide bonds. The van der Waals surface area contributed by atoms with E-state index in [1.54, 1.807) is 26.0 Å². The molecule has 5 rings (SSSR count). The molecule has 9 N–H and O–H groups in total. The van der Waals surface area contributed by atoms with E-state index >= 15 is 0 Å². The number of rotatable bonds is 36. The second-order valence-electron chi connectivity index (χ2n) is 18.8. The molecule has 0 aliphatic heterocycles. The molecule has 26 heteroatoms. The number of nitrogens with one attached hydrogen (secondary N) is 6. The van der Waals surface area contributed by atoms with Crippen LogP contribution in [0.1, 0.15) is 68.6 Å². The average Bonchev–Trinajstić information content (AvgIpc) is 3.23. The minimum absolute atomic E-state index is 0.00640. The van der Waals surface area contributed by atoms with Gasteiger partial charge in [0.1, 0.15) is 37.1 Å². The maximum atomic E-state index is 13.8. The van der Waals surface area contributed by atoms with Crippen molar-refractivity contribution in [3.8, 4) is 16.9 Å². The minimum atomic E-state index is -1.36. The van der Waals surface area contributed by atoms with Gasteiger partial charge in [0.05, 0.1) is 57.8 Å². The number of primary amides is 1. The van der Waals surface area contributed by atoms with Crippen molar-refractivity contribution in [2.24, 2.45) is 11.7 Å². The molecule has 0 saturated carbocycles. The van der Waals surface area contributed by atoms with Crippen LogP contribution < -0.4 is 42.4 Å². The monoisotopic (exact) mass is 1140 g/mol. The number of hydrogen-bond donors (Lipinski definition) is 8. The van der Waals surface area contributed by atoms with Gasteiger partial charge in [0.15, 0.2) is 0 Å². The Labute approximate surface area is 472 Å². The van der Waals surface area contributed by atoms with Gasteiger partial charge in [-0.15, -0.1) is 0 Å². The number of non-ortho nitro benzene ring substituents is 1. The average molecular weight is 1140 g/mol. The fourth-order valence-corrected chi connectivity index (χ4v) is 8.26. The Hall–Kier alpha value is -8.72. The number of nitro benzene ring substituents is 1. The molecule has 0 fully saturated rings. The third-order valence-corrected chi connectivity index (χ3v) is 12.4. The molecular weight excluding hydrogens is 1070 g/mol. The van der Waals surface area contributed by atoms with E-state index in [4.69, 9.17) is 38.9 Å². The summed E-state index contributed by atoms with van der Waals surface area (Å²) in [6.07, 6.45) is -2.38. The Kier molecular flexibility index (Phi) is 26.9. The van der Waals surface area contributed by atoms with Crippen LogP contribution in [0.5, 0.6) is 5.75 Å². The normalized spacial score (nSPS) is 12.6. The summed E-state index contributed by atoms with van der Waals surface area (Å²) in [5.41, 5.74) is 10.4. The van der Waals surface area contributed by atoms with Gasteiger partial charge in [0.25, 0.3) is 5.69 Å².